The van der Waals surface area contributed by atoms with E-state index in [1.165, 1.54) is 23.1 Å². The molecule has 0 aliphatic rings. The van der Waals surface area contributed by atoms with E-state index < -0.39 is 11.9 Å². The van der Waals surface area contributed by atoms with Gasteiger partial charge in [0.2, 0.25) is 0 Å². The van der Waals surface area contributed by atoms with E-state index in [4.69, 9.17) is 9.47 Å². The second kappa shape index (κ2) is 8.24. The average molecular weight is 297 g/mol. The Morgan fingerprint density at radius 3 is 2.71 bits per heavy atom. The lowest BCUT2D eigenvalue weighted by molar-refractivity contribution is -0.144. The first-order valence-corrected chi connectivity index (χ1v) is 6.76. The molecule has 1 amide bonds. The van der Waals surface area contributed by atoms with Gasteiger partial charge in [-0.1, -0.05) is 6.07 Å². The van der Waals surface area contributed by atoms with Crippen LogP contribution in [0.1, 0.15) is 20.3 Å². The fraction of sp³-hybridized carbons (Fsp3) is 0.467. The van der Waals surface area contributed by atoms with Crippen molar-refractivity contribution in [3.05, 3.63) is 30.1 Å². The minimum Gasteiger partial charge on any atom is -0.481 e. The van der Waals surface area contributed by atoms with Gasteiger partial charge in [0.05, 0.1) is 13.0 Å². The topological polar surface area (TPSA) is 55.8 Å². The molecule has 1 aromatic carbocycles. The molecule has 1 atom stereocenters. The smallest absolute Gasteiger partial charge is 0.307 e. The molecule has 1 aromatic rings. The van der Waals surface area contributed by atoms with Crippen molar-refractivity contribution in [2.75, 3.05) is 20.2 Å². The van der Waals surface area contributed by atoms with Gasteiger partial charge >= 0.3 is 5.97 Å². The first kappa shape index (κ1) is 16.9. The van der Waals surface area contributed by atoms with E-state index in [1.54, 1.807) is 27.0 Å². The predicted octanol–water partition coefficient (Wildman–Crippen LogP) is 2.00. The number of carbonyl (C=O) groups excluding carboxylic acids is 2. The summed E-state index contributed by atoms with van der Waals surface area (Å²) in [6, 6.07) is 5.59. The second-order valence-electron chi connectivity index (χ2n) is 4.53. The lowest BCUT2D eigenvalue weighted by Crippen LogP contribution is -2.39. The van der Waals surface area contributed by atoms with Crippen molar-refractivity contribution in [1.29, 1.82) is 0 Å². The number of benzene rings is 1. The summed E-state index contributed by atoms with van der Waals surface area (Å²) in [6.45, 7) is 3.86. The summed E-state index contributed by atoms with van der Waals surface area (Å²) in [5.41, 5.74) is 0. The molecular weight excluding hydrogens is 277 g/mol. The fourth-order valence-corrected chi connectivity index (χ4v) is 1.71. The van der Waals surface area contributed by atoms with E-state index in [1.807, 2.05) is 0 Å². The van der Waals surface area contributed by atoms with Gasteiger partial charge < -0.3 is 14.4 Å². The molecule has 1 unspecified atom stereocenters. The van der Waals surface area contributed by atoms with Crippen LogP contribution in [0.2, 0.25) is 0 Å². The number of hydrogen-bond donors (Lipinski definition) is 0. The highest BCUT2D eigenvalue weighted by Gasteiger charge is 2.20. The highest BCUT2D eigenvalue weighted by Crippen LogP contribution is 2.14. The van der Waals surface area contributed by atoms with Gasteiger partial charge in [-0.05, 0) is 26.0 Å². The van der Waals surface area contributed by atoms with Crippen molar-refractivity contribution in [3.8, 4) is 5.75 Å². The van der Waals surface area contributed by atoms with Crippen LogP contribution in [-0.2, 0) is 14.3 Å². The third-order valence-electron chi connectivity index (χ3n) is 2.79. The van der Waals surface area contributed by atoms with E-state index in [-0.39, 0.29) is 30.6 Å². The predicted molar refractivity (Wildman–Crippen MR) is 75.4 cm³/mol. The van der Waals surface area contributed by atoms with Crippen molar-refractivity contribution in [1.82, 2.24) is 4.90 Å². The zero-order chi connectivity index (χ0) is 15.8. The van der Waals surface area contributed by atoms with Crippen molar-refractivity contribution in [2.24, 2.45) is 0 Å². The Bertz CT molecular complexity index is 492. The van der Waals surface area contributed by atoms with E-state index >= 15 is 0 Å². The number of hydrogen-bond acceptors (Lipinski definition) is 4. The average Bonchev–Trinajstić information content (AvgIpc) is 2.44. The molecule has 0 aliphatic carbocycles. The van der Waals surface area contributed by atoms with Gasteiger partial charge in [0.25, 0.3) is 5.91 Å². The zero-order valence-electron chi connectivity index (χ0n) is 12.5. The Hall–Kier alpha value is -2.11. The van der Waals surface area contributed by atoms with Crippen molar-refractivity contribution in [3.63, 3.8) is 0 Å². The minimum atomic E-state index is -0.765. The monoisotopic (exact) mass is 297 g/mol. The quantitative estimate of drug-likeness (QED) is 0.722. The molecule has 0 N–H and O–H groups in total. The Labute approximate surface area is 123 Å². The van der Waals surface area contributed by atoms with E-state index in [2.05, 4.69) is 0 Å². The van der Waals surface area contributed by atoms with Gasteiger partial charge in [-0.15, -0.1) is 0 Å². The number of likely N-dealkylation sites (N-methyl/N-ethyl adjacent to an activating group) is 1. The van der Waals surface area contributed by atoms with Gasteiger partial charge in [0.1, 0.15) is 11.6 Å². The molecule has 21 heavy (non-hydrogen) atoms. The molecule has 0 spiro atoms. The second-order valence-corrected chi connectivity index (χ2v) is 4.53. The summed E-state index contributed by atoms with van der Waals surface area (Å²) >= 11 is 0. The van der Waals surface area contributed by atoms with Crippen LogP contribution in [0.5, 0.6) is 5.75 Å². The van der Waals surface area contributed by atoms with Crippen LogP contribution in [0.15, 0.2) is 24.3 Å². The molecule has 1 rings (SSSR count). The molecular formula is C15H20FNO4. The van der Waals surface area contributed by atoms with Gasteiger partial charge in [-0.3, -0.25) is 9.59 Å². The maximum Gasteiger partial charge on any atom is 0.307 e. The van der Waals surface area contributed by atoms with Crippen LogP contribution in [0.3, 0.4) is 0 Å². The van der Waals surface area contributed by atoms with Crippen LogP contribution in [0.25, 0.3) is 0 Å². The standard InChI is InChI=1S/C15H20FNO4/c1-4-20-14(18)8-9-17(3)15(19)11(2)21-13-7-5-6-12(16)10-13/h5-7,10-11H,4,8-9H2,1-3H3. The maximum absolute atomic E-state index is 13.0. The van der Waals surface area contributed by atoms with Gasteiger partial charge in [0, 0.05) is 19.7 Å². The van der Waals surface area contributed by atoms with E-state index in [0.29, 0.717) is 6.61 Å². The first-order chi connectivity index (χ1) is 9.93. The number of rotatable bonds is 7. The molecule has 0 aliphatic heterocycles. The number of esters is 1. The van der Waals surface area contributed by atoms with Crippen LogP contribution in [-0.4, -0.2) is 43.1 Å². The third kappa shape index (κ3) is 5.81. The summed E-state index contributed by atoms with van der Waals surface area (Å²) < 4.78 is 23.2. The summed E-state index contributed by atoms with van der Waals surface area (Å²) in [5, 5.41) is 0. The summed E-state index contributed by atoms with van der Waals surface area (Å²) in [4.78, 5) is 24.7. The number of nitrogens with zero attached hydrogens (tertiary/aromatic N) is 1. The van der Waals surface area contributed by atoms with E-state index in [0.717, 1.165) is 0 Å². The van der Waals surface area contributed by atoms with Crippen LogP contribution in [0, 0.1) is 5.82 Å². The lowest BCUT2D eigenvalue weighted by Gasteiger charge is -2.21. The zero-order valence-corrected chi connectivity index (χ0v) is 12.5. The molecule has 5 nitrogen and oxygen atoms in total. The van der Waals surface area contributed by atoms with E-state index in [9.17, 15) is 14.0 Å². The highest BCUT2D eigenvalue weighted by molar-refractivity contribution is 5.81. The molecule has 0 bridgehead atoms. The number of halogens is 1. The van der Waals surface area contributed by atoms with Gasteiger partial charge in [-0.25, -0.2) is 4.39 Å². The number of carbonyl (C=O) groups is 2. The van der Waals surface area contributed by atoms with Crippen molar-refractivity contribution >= 4 is 11.9 Å². The van der Waals surface area contributed by atoms with Gasteiger partial charge in [0.15, 0.2) is 6.10 Å². The third-order valence-corrected chi connectivity index (χ3v) is 2.79. The first-order valence-electron chi connectivity index (χ1n) is 6.76. The molecule has 0 saturated carbocycles. The molecule has 0 fully saturated rings. The summed E-state index contributed by atoms with van der Waals surface area (Å²) in [5.74, 6) is -0.781. The Morgan fingerprint density at radius 1 is 1.38 bits per heavy atom. The Morgan fingerprint density at radius 2 is 2.10 bits per heavy atom. The van der Waals surface area contributed by atoms with Gasteiger partial charge in [-0.2, -0.15) is 0 Å². The molecule has 116 valence electrons. The largest absolute Gasteiger partial charge is 0.481 e. The van der Waals surface area contributed by atoms with Crippen molar-refractivity contribution in [2.45, 2.75) is 26.4 Å². The maximum atomic E-state index is 13.0. The summed E-state index contributed by atoms with van der Waals surface area (Å²) in [7, 11) is 1.58. The fourth-order valence-electron chi connectivity index (χ4n) is 1.71. The highest BCUT2D eigenvalue weighted by atomic mass is 19.1. The van der Waals surface area contributed by atoms with Crippen LogP contribution >= 0.6 is 0 Å². The Balaban J connectivity index is 2.47. The summed E-state index contributed by atoms with van der Waals surface area (Å²) in [6.07, 6.45) is -0.637. The minimum absolute atomic E-state index is 0.128. The molecule has 0 heterocycles. The van der Waals surface area contributed by atoms with Crippen LogP contribution < -0.4 is 4.74 Å². The lowest BCUT2D eigenvalue weighted by atomic mass is 10.3. The molecule has 6 heteroatoms. The van der Waals surface area contributed by atoms with Crippen LogP contribution in [0.4, 0.5) is 4.39 Å². The number of ether oxygens (including phenoxy) is 2. The number of amides is 1. The Kier molecular flexibility index (Phi) is 6.65. The normalized spacial score (nSPS) is 11.6. The van der Waals surface area contributed by atoms with Crippen molar-refractivity contribution < 1.29 is 23.5 Å². The molecule has 0 saturated heterocycles. The SMILES string of the molecule is CCOC(=O)CCN(C)C(=O)C(C)Oc1cccc(F)c1. The molecule has 0 aromatic heterocycles. The molecule has 0 radical (unpaired) electrons.